The molecule has 20 heavy (non-hydrogen) atoms. The van der Waals surface area contributed by atoms with Crippen molar-refractivity contribution in [2.45, 2.75) is 0 Å². The second-order valence-corrected chi connectivity index (χ2v) is 4.09. The first-order valence-corrected chi connectivity index (χ1v) is 5.77. The van der Waals surface area contributed by atoms with Gasteiger partial charge in [-0.05, 0) is 11.5 Å². The van der Waals surface area contributed by atoms with Gasteiger partial charge in [0.2, 0.25) is 5.82 Å². The Balaban J connectivity index is 2.39. The predicted molar refractivity (Wildman–Crippen MR) is 70.5 cm³/mol. The summed E-state index contributed by atoms with van der Waals surface area (Å²) in [6, 6.07) is 10.7. The van der Waals surface area contributed by atoms with Crippen molar-refractivity contribution in [3.63, 3.8) is 0 Å². The molecule has 1 N–H and O–H groups in total. The molecule has 2 heterocycles. The van der Waals surface area contributed by atoms with Crippen molar-refractivity contribution in [1.29, 1.82) is 5.26 Å². The average molecular weight is 264 g/mol. The van der Waals surface area contributed by atoms with Gasteiger partial charge in [0.05, 0.1) is 0 Å². The van der Waals surface area contributed by atoms with Crippen LogP contribution in [0.5, 0.6) is 0 Å². The van der Waals surface area contributed by atoms with Crippen LogP contribution >= 0.6 is 0 Å². The van der Waals surface area contributed by atoms with Gasteiger partial charge in [0.25, 0.3) is 0 Å². The highest BCUT2D eigenvalue weighted by atomic mass is 16.4. The largest absolute Gasteiger partial charge is 0.477 e. The van der Waals surface area contributed by atoms with Gasteiger partial charge in [-0.25, -0.2) is 14.8 Å². The monoisotopic (exact) mass is 264 g/mol. The Morgan fingerprint density at radius 1 is 1.35 bits per heavy atom. The second kappa shape index (κ2) is 4.48. The summed E-state index contributed by atoms with van der Waals surface area (Å²) in [5.74, 6) is -0.574. The quantitative estimate of drug-likeness (QED) is 0.764. The number of aromatic carboxylic acids is 1. The molecule has 0 aliphatic rings. The van der Waals surface area contributed by atoms with Crippen molar-refractivity contribution in [3.8, 4) is 11.9 Å². The number of hydrogen-bond acceptors (Lipinski definition) is 4. The van der Waals surface area contributed by atoms with Crippen LogP contribution in [0.1, 0.15) is 16.3 Å². The Morgan fingerprint density at radius 2 is 2.15 bits per heavy atom. The fourth-order valence-electron chi connectivity index (χ4n) is 2.03. The minimum absolute atomic E-state index is 0.0729. The van der Waals surface area contributed by atoms with Crippen molar-refractivity contribution in [2.24, 2.45) is 0 Å². The van der Waals surface area contributed by atoms with Crippen LogP contribution in [-0.2, 0) is 0 Å². The van der Waals surface area contributed by atoms with Crippen molar-refractivity contribution >= 4 is 16.7 Å². The number of nitrogens with zero attached hydrogens (tertiary/aromatic N) is 4. The molecule has 0 aliphatic heterocycles. The van der Waals surface area contributed by atoms with E-state index in [1.54, 1.807) is 12.3 Å². The van der Waals surface area contributed by atoms with Gasteiger partial charge < -0.3 is 5.11 Å². The molecule has 6 heteroatoms. The molecule has 96 valence electrons. The van der Waals surface area contributed by atoms with E-state index < -0.39 is 5.97 Å². The number of aromatic nitrogens is 3. The van der Waals surface area contributed by atoms with Crippen molar-refractivity contribution in [3.05, 3.63) is 54.2 Å². The lowest BCUT2D eigenvalue weighted by molar-refractivity contribution is 0.0690. The number of imidazole rings is 1. The molecule has 1 aromatic carbocycles. The number of hydrogen-bond donors (Lipinski definition) is 1. The number of carboxylic acid groups (broad SMARTS) is 1. The van der Waals surface area contributed by atoms with Crippen LogP contribution in [0.2, 0.25) is 0 Å². The second-order valence-electron chi connectivity index (χ2n) is 4.09. The number of pyridine rings is 1. The van der Waals surface area contributed by atoms with E-state index in [0.717, 1.165) is 10.8 Å². The SMILES string of the molecule is N#Cc1nccn1-c1nc(C(=O)O)cc2ccccc12. The molecule has 3 rings (SSSR count). The van der Waals surface area contributed by atoms with Crippen LogP contribution in [0.15, 0.2) is 42.7 Å². The summed E-state index contributed by atoms with van der Waals surface area (Å²) < 4.78 is 1.48. The molecule has 0 spiro atoms. The third kappa shape index (κ3) is 1.78. The molecule has 0 unspecified atom stereocenters. The van der Waals surface area contributed by atoms with E-state index >= 15 is 0 Å². The molecule has 0 saturated heterocycles. The Labute approximate surface area is 113 Å². The molecule has 0 bridgehead atoms. The van der Waals surface area contributed by atoms with Crippen LogP contribution in [0.4, 0.5) is 0 Å². The average Bonchev–Trinajstić information content (AvgIpc) is 2.94. The third-order valence-corrected chi connectivity index (χ3v) is 2.91. The Kier molecular flexibility index (Phi) is 2.66. The molecule has 0 saturated carbocycles. The van der Waals surface area contributed by atoms with Crippen molar-refractivity contribution in [1.82, 2.24) is 14.5 Å². The van der Waals surface area contributed by atoms with Crippen molar-refractivity contribution < 1.29 is 9.90 Å². The molecule has 0 radical (unpaired) electrons. The highest BCUT2D eigenvalue weighted by Gasteiger charge is 2.14. The first kappa shape index (κ1) is 11.9. The van der Waals surface area contributed by atoms with Gasteiger partial charge in [-0.3, -0.25) is 4.57 Å². The van der Waals surface area contributed by atoms with E-state index in [4.69, 9.17) is 10.4 Å². The van der Waals surface area contributed by atoms with Crippen LogP contribution in [0.25, 0.3) is 16.6 Å². The molecular weight excluding hydrogens is 256 g/mol. The number of nitriles is 1. The smallest absolute Gasteiger partial charge is 0.354 e. The molecule has 0 amide bonds. The molecule has 6 nitrogen and oxygen atoms in total. The third-order valence-electron chi connectivity index (χ3n) is 2.91. The maximum Gasteiger partial charge on any atom is 0.354 e. The number of fused-ring (bicyclic) bond motifs is 1. The molecule has 0 atom stereocenters. The number of rotatable bonds is 2. The fourth-order valence-corrected chi connectivity index (χ4v) is 2.03. The van der Waals surface area contributed by atoms with Crippen LogP contribution in [-0.4, -0.2) is 25.6 Å². The number of benzene rings is 1. The maximum atomic E-state index is 11.2. The summed E-state index contributed by atoms with van der Waals surface area (Å²) in [5.41, 5.74) is -0.0729. The molecule has 0 fully saturated rings. The summed E-state index contributed by atoms with van der Waals surface area (Å²) in [6.07, 6.45) is 3.06. The zero-order chi connectivity index (χ0) is 14.1. The van der Waals surface area contributed by atoms with E-state index in [9.17, 15) is 4.79 Å². The van der Waals surface area contributed by atoms with Gasteiger partial charge in [0, 0.05) is 17.8 Å². The predicted octanol–water partition coefficient (Wildman–Crippen LogP) is 1.99. The molecule has 0 aliphatic carbocycles. The molecule has 2 aromatic heterocycles. The van der Waals surface area contributed by atoms with Gasteiger partial charge in [-0.1, -0.05) is 24.3 Å². The fraction of sp³-hybridized carbons (Fsp3) is 0. The van der Waals surface area contributed by atoms with E-state index in [-0.39, 0.29) is 11.5 Å². The highest BCUT2D eigenvalue weighted by molar-refractivity contribution is 5.95. The zero-order valence-corrected chi connectivity index (χ0v) is 10.2. The first-order valence-electron chi connectivity index (χ1n) is 5.77. The molecular formula is C14H8N4O2. The maximum absolute atomic E-state index is 11.2. The number of carbonyl (C=O) groups is 1. The summed E-state index contributed by atoms with van der Waals surface area (Å²) in [6.45, 7) is 0. The normalized spacial score (nSPS) is 10.3. The number of carboxylic acids is 1. The lowest BCUT2D eigenvalue weighted by Crippen LogP contribution is -2.07. The van der Waals surface area contributed by atoms with Gasteiger partial charge in [-0.2, -0.15) is 5.26 Å². The van der Waals surface area contributed by atoms with Crippen LogP contribution in [0.3, 0.4) is 0 Å². The Morgan fingerprint density at radius 3 is 2.90 bits per heavy atom. The van der Waals surface area contributed by atoms with E-state index in [2.05, 4.69) is 9.97 Å². The van der Waals surface area contributed by atoms with Gasteiger partial charge >= 0.3 is 5.97 Å². The van der Waals surface area contributed by atoms with Gasteiger partial charge in [0.15, 0.2) is 5.69 Å². The Bertz CT molecular complexity index is 861. The summed E-state index contributed by atoms with van der Waals surface area (Å²) >= 11 is 0. The molecule has 3 aromatic rings. The Hall–Kier alpha value is -3.20. The lowest BCUT2D eigenvalue weighted by atomic mass is 10.1. The van der Waals surface area contributed by atoms with Crippen LogP contribution in [0, 0.1) is 11.3 Å². The summed E-state index contributed by atoms with van der Waals surface area (Å²) in [4.78, 5) is 19.2. The summed E-state index contributed by atoms with van der Waals surface area (Å²) in [7, 11) is 0. The zero-order valence-electron chi connectivity index (χ0n) is 10.2. The topological polar surface area (TPSA) is 91.8 Å². The van der Waals surface area contributed by atoms with E-state index in [1.165, 1.54) is 16.8 Å². The van der Waals surface area contributed by atoms with E-state index in [1.807, 2.05) is 24.3 Å². The standard InChI is InChI=1S/C14H8N4O2/c15-8-12-16-5-6-18(12)13-10-4-2-1-3-9(10)7-11(17-13)14(19)20/h1-7H,(H,19,20). The minimum atomic E-state index is -1.12. The highest BCUT2D eigenvalue weighted by Crippen LogP contribution is 2.22. The summed E-state index contributed by atoms with van der Waals surface area (Å²) in [5, 5.41) is 19.7. The van der Waals surface area contributed by atoms with Gasteiger partial charge in [-0.15, -0.1) is 0 Å². The first-order chi connectivity index (χ1) is 9.70. The van der Waals surface area contributed by atoms with Gasteiger partial charge in [0.1, 0.15) is 11.9 Å². The lowest BCUT2D eigenvalue weighted by Gasteiger charge is -2.08. The van der Waals surface area contributed by atoms with Crippen molar-refractivity contribution in [2.75, 3.05) is 0 Å². The van der Waals surface area contributed by atoms with Crippen LogP contribution < -0.4 is 0 Å². The minimum Gasteiger partial charge on any atom is -0.477 e. The van der Waals surface area contributed by atoms with E-state index in [0.29, 0.717) is 5.82 Å².